The molecule has 3 aliphatic rings. The summed E-state index contributed by atoms with van der Waals surface area (Å²) in [6.45, 7) is 6.32. The van der Waals surface area contributed by atoms with E-state index in [-0.39, 0.29) is 17.9 Å². The highest BCUT2D eigenvalue weighted by Crippen LogP contribution is 2.30. The molecule has 3 atom stereocenters. The molecule has 3 fully saturated rings. The predicted molar refractivity (Wildman–Crippen MR) is 91.2 cm³/mol. The Morgan fingerprint density at radius 1 is 1.17 bits per heavy atom. The lowest BCUT2D eigenvalue weighted by Gasteiger charge is -2.28. The Morgan fingerprint density at radius 3 is 2.50 bits per heavy atom. The van der Waals surface area contributed by atoms with Crippen LogP contribution in [0.4, 0.5) is 0 Å². The molecule has 3 heterocycles. The number of hydrogen-bond acceptors (Lipinski definition) is 3. The van der Waals surface area contributed by atoms with E-state index in [0.717, 1.165) is 31.7 Å². The number of benzene rings is 1. The fourth-order valence-electron chi connectivity index (χ4n) is 4.32. The summed E-state index contributed by atoms with van der Waals surface area (Å²) in [5.74, 6) is 1.45. The fraction of sp³-hybridized carbons (Fsp3) is 0.579. The third-order valence-electron chi connectivity index (χ3n) is 5.79. The lowest BCUT2D eigenvalue weighted by atomic mass is 10.0. The molecule has 1 unspecified atom stereocenters. The van der Waals surface area contributed by atoms with Crippen molar-refractivity contribution in [2.75, 3.05) is 26.2 Å². The van der Waals surface area contributed by atoms with Crippen LogP contribution in [-0.2, 0) is 16.1 Å². The molecule has 128 valence electrons. The molecule has 0 aromatic heterocycles. The minimum Gasteiger partial charge on any atom is -0.340 e. The van der Waals surface area contributed by atoms with Crippen LogP contribution in [0.5, 0.6) is 0 Å². The zero-order valence-corrected chi connectivity index (χ0v) is 14.2. The summed E-state index contributed by atoms with van der Waals surface area (Å²) in [6.07, 6.45) is 1.15. The summed E-state index contributed by atoms with van der Waals surface area (Å²) in [6, 6.07) is 7.94. The van der Waals surface area contributed by atoms with Gasteiger partial charge >= 0.3 is 0 Å². The van der Waals surface area contributed by atoms with Crippen molar-refractivity contribution in [1.29, 1.82) is 0 Å². The van der Waals surface area contributed by atoms with Crippen LogP contribution >= 0.6 is 0 Å². The number of fused-ring (bicyclic) bond motifs is 1. The molecule has 0 saturated carbocycles. The average Bonchev–Trinajstić information content (AvgIpc) is 3.24. The molecule has 5 nitrogen and oxygen atoms in total. The molecule has 24 heavy (non-hydrogen) atoms. The number of nitrogens with one attached hydrogen (secondary N) is 1. The monoisotopic (exact) mass is 327 g/mol. The van der Waals surface area contributed by atoms with Crippen LogP contribution in [0.25, 0.3) is 0 Å². The second-order valence-electron chi connectivity index (χ2n) is 7.48. The van der Waals surface area contributed by atoms with Crippen molar-refractivity contribution in [3.05, 3.63) is 35.4 Å². The van der Waals surface area contributed by atoms with Gasteiger partial charge in [0.25, 0.3) is 0 Å². The Hall–Kier alpha value is -1.88. The van der Waals surface area contributed by atoms with Gasteiger partial charge in [-0.25, -0.2) is 0 Å². The number of amides is 2. The van der Waals surface area contributed by atoms with Crippen molar-refractivity contribution in [1.82, 2.24) is 15.1 Å². The first-order valence-electron chi connectivity index (χ1n) is 8.96. The Morgan fingerprint density at radius 2 is 1.83 bits per heavy atom. The number of nitrogens with zero attached hydrogens (tertiary/aromatic N) is 2. The molecule has 1 aromatic carbocycles. The van der Waals surface area contributed by atoms with Crippen LogP contribution in [-0.4, -0.2) is 53.8 Å². The molecule has 4 rings (SSSR count). The summed E-state index contributed by atoms with van der Waals surface area (Å²) in [4.78, 5) is 29.1. The van der Waals surface area contributed by atoms with E-state index in [0.29, 0.717) is 31.2 Å². The van der Waals surface area contributed by atoms with Gasteiger partial charge < -0.3 is 15.1 Å². The maximum absolute atomic E-state index is 13.0. The molecule has 3 saturated heterocycles. The van der Waals surface area contributed by atoms with E-state index in [1.54, 1.807) is 4.90 Å². The van der Waals surface area contributed by atoms with E-state index in [4.69, 9.17) is 0 Å². The van der Waals surface area contributed by atoms with Crippen LogP contribution in [0.2, 0.25) is 0 Å². The number of aryl methyl sites for hydroxylation is 1. The van der Waals surface area contributed by atoms with Gasteiger partial charge in [0.1, 0.15) is 6.04 Å². The summed E-state index contributed by atoms with van der Waals surface area (Å²) in [5.41, 5.74) is 2.30. The SMILES string of the molecule is Cc1ccc(CN2C(=O)CCC2C(=O)N2C[C@H]3CNC[C@H]3C2)cc1. The quantitative estimate of drug-likeness (QED) is 0.906. The normalized spacial score (nSPS) is 29.4. The number of carbonyl (C=O) groups excluding carboxylic acids is 2. The summed E-state index contributed by atoms with van der Waals surface area (Å²) in [7, 11) is 0. The van der Waals surface area contributed by atoms with Crippen LogP contribution in [0, 0.1) is 18.8 Å². The molecule has 1 N–H and O–H groups in total. The van der Waals surface area contributed by atoms with Gasteiger partial charge in [-0.1, -0.05) is 29.8 Å². The zero-order valence-electron chi connectivity index (χ0n) is 14.2. The Balaban J connectivity index is 1.46. The van der Waals surface area contributed by atoms with Gasteiger partial charge in [-0.2, -0.15) is 0 Å². The Kier molecular flexibility index (Phi) is 4.04. The van der Waals surface area contributed by atoms with Crippen molar-refractivity contribution in [2.24, 2.45) is 11.8 Å². The minimum atomic E-state index is -0.273. The number of hydrogen-bond donors (Lipinski definition) is 1. The minimum absolute atomic E-state index is 0.106. The number of carbonyl (C=O) groups is 2. The van der Waals surface area contributed by atoms with Gasteiger partial charge in [0.05, 0.1) is 0 Å². The number of rotatable bonds is 3. The van der Waals surface area contributed by atoms with Crippen LogP contribution in [0.1, 0.15) is 24.0 Å². The summed E-state index contributed by atoms with van der Waals surface area (Å²) >= 11 is 0. The molecular formula is C19H25N3O2. The lowest BCUT2D eigenvalue weighted by molar-refractivity contribution is -0.141. The maximum Gasteiger partial charge on any atom is 0.245 e. The van der Waals surface area contributed by atoms with Crippen LogP contribution < -0.4 is 5.32 Å². The van der Waals surface area contributed by atoms with Gasteiger partial charge in [0.2, 0.25) is 11.8 Å². The van der Waals surface area contributed by atoms with E-state index in [1.807, 2.05) is 17.0 Å². The Labute approximate surface area is 143 Å². The molecule has 2 amide bonds. The third kappa shape index (κ3) is 2.81. The highest BCUT2D eigenvalue weighted by Gasteiger charge is 2.43. The second kappa shape index (κ2) is 6.20. The molecule has 1 aromatic rings. The molecule has 0 spiro atoms. The third-order valence-corrected chi connectivity index (χ3v) is 5.79. The highest BCUT2D eigenvalue weighted by atomic mass is 16.2. The van der Waals surface area contributed by atoms with Crippen molar-refractivity contribution in [3.8, 4) is 0 Å². The first kappa shape index (κ1) is 15.6. The first-order valence-corrected chi connectivity index (χ1v) is 8.96. The molecule has 0 radical (unpaired) electrons. The summed E-state index contributed by atoms with van der Waals surface area (Å²) in [5, 5.41) is 3.40. The first-order chi connectivity index (χ1) is 11.6. The topological polar surface area (TPSA) is 52.7 Å². The molecule has 5 heteroatoms. The van der Waals surface area contributed by atoms with Crippen LogP contribution in [0.3, 0.4) is 0 Å². The highest BCUT2D eigenvalue weighted by molar-refractivity contribution is 5.91. The van der Waals surface area contributed by atoms with E-state index < -0.39 is 0 Å². The van der Waals surface area contributed by atoms with Gasteiger partial charge in [-0.05, 0) is 30.7 Å². The maximum atomic E-state index is 13.0. The van der Waals surface area contributed by atoms with Crippen molar-refractivity contribution < 1.29 is 9.59 Å². The van der Waals surface area contributed by atoms with E-state index in [2.05, 4.69) is 24.4 Å². The van der Waals surface area contributed by atoms with Gasteiger partial charge in [0, 0.05) is 39.1 Å². The van der Waals surface area contributed by atoms with Crippen molar-refractivity contribution >= 4 is 11.8 Å². The second-order valence-corrected chi connectivity index (χ2v) is 7.48. The smallest absolute Gasteiger partial charge is 0.245 e. The van der Waals surface area contributed by atoms with Gasteiger partial charge in [0.15, 0.2) is 0 Å². The number of likely N-dealkylation sites (tertiary alicyclic amines) is 2. The van der Waals surface area contributed by atoms with Crippen molar-refractivity contribution in [2.45, 2.75) is 32.4 Å². The van der Waals surface area contributed by atoms with E-state index >= 15 is 0 Å². The standard InChI is InChI=1S/C19H25N3O2/c1-13-2-4-14(5-3-13)10-22-17(6-7-18(22)23)19(24)21-11-15-8-20-9-16(15)12-21/h2-5,15-17,20H,6-12H2,1H3/t15-,16+,17?. The zero-order chi connectivity index (χ0) is 16.7. The molecule has 0 bridgehead atoms. The van der Waals surface area contributed by atoms with E-state index in [1.165, 1.54) is 5.56 Å². The van der Waals surface area contributed by atoms with Gasteiger partial charge in [-0.3, -0.25) is 9.59 Å². The fourth-order valence-corrected chi connectivity index (χ4v) is 4.32. The molecule has 0 aliphatic carbocycles. The average molecular weight is 327 g/mol. The van der Waals surface area contributed by atoms with Crippen molar-refractivity contribution in [3.63, 3.8) is 0 Å². The lowest BCUT2D eigenvalue weighted by Crippen LogP contribution is -2.46. The van der Waals surface area contributed by atoms with Gasteiger partial charge in [-0.15, -0.1) is 0 Å². The predicted octanol–water partition coefficient (Wildman–Crippen LogP) is 1.16. The molecule has 3 aliphatic heterocycles. The van der Waals surface area contributed by atoms with Crippen LogP contribution in [0.15, 0.2) is 24.3 Å². The molecular weight excluding hydrogens is 302 g/mol. The summed E-state index contributed by atoms with van der Waals surface area (Å²) < 4.78 is 0. The van der Waals surface area contributed by atoms with E-state index in [9.17, 15) is 9.59 Å². The largest absolute Gasteiger partial charge is 0.340 e. The Bertz CT molecular complexity index is 631.